The number of hydrogen-bond donors (Lipinski definition) is 2. The van der Waals surface area contributed by atoms with Crippen LogP contribution in [-0.2, 0) is 6.54 Å². The first-order valence-corrected chi connectivity index (χ1v) is 7.01. The Morgan fingerprint density at radius 2 is 2.05 bits per heavy atom. The maximum atomic E-state index is 14.0. The number of aliphatic hydroxyl groups excluding tert-OH is 1. The average molecular weight is 311 g/mol. The largest absolute Gasteiger partial charge is 0.393 e. The minimum absolute atomic E-state index is 0.0911. The number of benzene rings is 1. The van der Waals surface area contributed by atoms with E-state index >= 15 is 0 Å². The Bertz CT molecular complexity index is 656. The van der Waals surface area contributed by atoms with Gasteiger partial charge in [-0.25, -0.2) is 13.2 Å². The molecule has 1 fully saturated rings. The van der Waals surface area contributed by atoms with Crippen LogP contribution in [0.5, 0.6) is 0 Å². The average Bonchev–Trinajstić information content (AvgIpc) is 3.08. The Labute approximate surface area is 125 Å². The topological polar surface area (TPSA) is 52.1 Å². The minimum atomic E-state index is -1.60. The molecule has 2 N–H and O–H groups in total. The quantitative estimate of drug-likeness (QED) is 0.911. The number of nitrogens with zero attached hydrogens (tertiary/aromatic N) is 2. The van der Waals surface area contributed by atoms with E-state index in [4.69, 9.17) is 5.11 Å². The van der Waals surface area contributed by atoms with Gasteiger partial charge in [0.25, 0.3) is 0 Å². The maximum Gasteiger partial charge on any atom is 0.147 e. The number of hydrogen-bond acceptors (Lipinski definition) is 3. The summed E-state index contributed by atoms with van der Waals surface area (Å²) in [5.74, 6) is -1.36. The van der Waals surface area contributed by atoms with Crippen molar-refractivity contribution in [1.29, 1.82) is 0 Å². The van der Waals surface area contributed by atoms with Gasteiger partial charge in [-0.05, 0) is 18.6 Å². The molecule has 118 valence electrons. The molecule has 3 rings (SSSR count). The van der Waals surface area contributed by atoms with E-state index < -0.39 is 23.9 Å². The van der Waals surface area contributed by atoms with Gasteiger partial charge in [0.05, 0.1) is 24.1 Å². The van der Waals surface area contributed by atoms with Crippen LogP contribution in [0.1, 0.15) is 12.0 Å². The zero-order valence-corrected chi connectivity index (χ0v) is 11.8. The van der Waals surface area contributed by atoms with Gasteiger partial charge in [-0.1, -0.05) is 6.07 Å². The first-order chi connectivity index (χ1) is 10.5. The number of aliphatic hydroxyl groups is 1. The number of nitrogens with one attached hydrogen (secondary N) is 1. The van der Waals surface area contributed by atoms with Crippen LogP contribution in [0, 0.1) is 11.6 Å². The van der Waals surface area contributed by atoms with Gasteiger partial charge in [0.2, 0.25) is 0 Å². The van der Waals surface area contributed by atoms with E-state index in [2.05, 4.69) is 10.2 Å². The highest BCUT2D eigenvalue weighted by Crippen LogP contribution is 2.30. The fraction of sp³-hybridized carbons (Fsp3) is 0.400. The monoisotopic (exact) mass is 311 g/mol. The van der Waals surface area contributed by atoms with E-state index in [9.17, 15) is 13.2 Å². The van der Waals surface area contributed by atoms with Gasteiger partial charge >= 0.3 is 0 Å². The molecule has 2 aromatic rings. The molecule has 1 aromatic heterocycles. The molecule has 0 saturated carbocycles. The molecule has 0 amide bonds. The van der Waals surface area contributed by atoms with E-state index in [1.54, 1.807) is 4.90 Å². The summed E-state index contributed by atoms with van der Waals surface area (Å²) in [4.78, 5) is 1.79. The van der Waals surface area contributed by atoms with Gasteiger partial charge in [-0.2, -0.15) is 5.10 Å². The number of H-pyrrole nitrogens is 1. The Morgan fingerprint density at radius 1 is 1.32 bits per heavy atom. The van der Waals surface area contributed by atoms with Crippen LogP contribution in [0.4, 0.5) is 13.2 Å². The van der Waals surface area contributed by atoms with Crippen LogP contribution < -0.4 is 0 Å². The summed E-state index contributed by atoms with van der Waals surface area (Å²) in [5.41, 5.74) is -0.919. The summed E-state index contributed by atoms with van der Waals surface area (Å²) in [6.07, 6.45) is 1.73. The van der Waals surface area contributed by atoms with Gasteiger partial charge in [0.1, 0.15) is 17.3 Å². The van der Waals surface area contributed by atoms with Gasteiger partial charge in [-0.15, -0.1) is 0 Å². The number of halogens is 3. The second-order valence-corrected chi connectivity index (χ2v) is 5.64. The maximum absolute atomic E-state index is 14.0. The zero-order chi connectivity index (χ0) is 15.7. The third-order valence-corrected chi connectivity index (χ3v) is 3.99. The normalized spacial score (nSPS) is 22.4. The van der Waals surface area contributed by atoms with Crippen LogP contribution in [-0.4, -0.2) is 45.6 Å². The third kappa shape index (κ3) is 2.74. The summed E-state index contributed by atoms with van der Waals surface area (Å²) < 4.78 is 41.8. The molecule has 0 aliphatic carbocycles. The summed E-state index contributed by atoms with van der Waals surface area (Å²) in [5, 5.41) is 15.5. The lowest BCUT2D eigenvalue weighted by molar-refractivity contribution is 0.0769. The molecule has 0 spiro atoms. The van der Waals surface area contributed by atoms with Crippen molar-refractivity contribution >= 4 is 0 Å². The molecule has 1 aliphatic rings. The third-order valence-electron chi connectivity index (χ3n) is 3.99. The molecule has 22 heavy (non-hydrogen) atoms. The van der Waals surface area contributed by atoms with Gasteiger partial charge < -0.3 is 5.11 Å². The highest BCUT2D eigenvalue weighted by atomic mass is 19.1. The summed E-state index contributed by atoms with van der Waals surface area (Å²) in [7, 11) is 0. The molecule has 1 aromatic carbocycles. The van der Waals surface area contributed by atoms with Crippen LogP contribution in [0.2, 0.25) is 0 Å². The number of alkyl halides is 1. The molecule has 7 heteroatoms. The van der Waals surface area contributed by atoms with Gasteiger partial charge in [-0.3, -0.25) is 10.00 Å². The summed E-state index contributed by atoms with van der Waals surface area (Å²) in [6.45, 7) is 0.351. The van der Waals surface area contributed by atoms with Crippen LogP contribution in [0.15, 0.2) is 24.4 Å². The molecule has 1 saturated heterocycles. The lowest BCUT2D eigenvalue weighted by Crippen LogP contribution is -2.32. The SMILES string of the molecule is OCC1(F)CCN(Cc2cn[nH]c2-c2c(F)cccc2F)C1. The van der Waals surface area contributed by atoms with Crippen LogP contribution in [0.3, 0.4) is 0 Å². The van der Waals surface area contributed by atoms with E-state index in [0.717, 1.165) is 0 Å². The zero-order valence-electron chi connectivity index (χ0n) is 11.8. The number of aromatic amines is 1. The fourth-order valence-corrected chi connectivity index (χ4v) is 2.81. The van der Waals surface area contributed by atoms with Crippen molar-refractivity contribution in [3.8, 4) is 11.3 Å². The van der Waals surface area contributed by atoms with Gasteiger partial charge in [0.15, 0.2) is 0 Å². The smallest absolute Gasteiger partial charge is 0.147 e. The van der Waals surface area contributed by atoms with Crippen molar-refractivity contribution in [3.63, 3.8) is 0 Å². The molecule has 1 unspecified atom stereocenters. The highest BCUT2D eigenvalue weighted by molar-refractivity contribution is 5.64. The Morgan fingerprint density at radius 3 is 2.68 bits per heavy atom. The Balaban J connectivity index is 1.85. The number of likely N-dealkylation sites (tertiary alicyclic amines) is 1. The standard InChI is InChI=1S/C15H16F3N3O/c16-11-2-1-3-12(17)13(11)14-10(6-19-20-14)7-21-5-4-15(18,8-21)9-22/h1-3,6,22H,4-5,7-9H2,(H,19,20). The molecular formula is C15H16F3N3O. The second kappa shape index (κ2) is 5.73. The first-order valence-electron chi connectivity index (χ1n) is 7.01. The number of rotatable bonds is 4. The Hall–Kier alpha value is -1.86. The second-order valence-electron chi connectivity index (χ2n) is 5.64. The van der Waals surface area contributed by atoms with Crippen LogP contribution in [0.25, 0.3) is 11.3 Å². The van der Waals surface area contributed by atoms with Crippen molar-refractivity contribution in [2.75, 3.05) is 19.7 Å². The summed E-state index contributed by atoms with van der Waals surface area (Å²) >= 11 is 0. The van der Waals surface area contributed by atoms with E-state index in [0.29, 0.717) is 18.7 Å². The summed E-state index contributed by atoms with van der Waals surface area (Å²) in [6, 6.07) is 3.65. The molecule has 4 nitrogen and oxygen atoms in total. The first kappa shape index (κ1) is 15.1. The van der Waals surface area contributed by atoms with Crippen molar-refractivity contribution in [2.24, 2.45) is 0 Å². The Kier molecular flexibility index (Phi) is 3.92. The fourth-order valence-electron chi connectivity index (χ4n) is 2.81. The van der Waals surface area contributed by atoms with E-state index in [-0.39, 0.29) is 24.2 Å². The lowest BCUT2D eigenvalue weighted by Gasteiger charge is -2.18. The number of aromatic nitrogens is 2. The van der Waals surface area contributed by atoms with Crippen molar-refractivity contribution in [1.82, 2.24) is 15.1 Å². The van der Waals surface area contributed by atoms with Gasteiger partial charge in [0, 0.05) is 25.2 Å². The molecule has 1 aliphatic heterocycles. The molecule has 2 heterocycles. The lowest BCUT2D eigenvalue weighted by atomic mass is 10.1. The van der Waals surface area contributed by atoms with E-state index in [1.165, 1.54) is 24.4 Å². The predicted octanol–water partition coefficient (Wildman–Crippen LogP) is 2.26. The van der Waals surface area contributed by atoms with E-state index in [1.807, 2.05) is 0 Å². The predicted molar refractivity (Wildman–Crippen MR) is 74.8 cm³/mol. The van der Waals surface area contributed by atoms with Crippen molar-refractivity contribution in [3.05, 3.63) is 41.6 Å². The molecule has 0 radical (unpaired) electrons. The van der Waals surface area contributed by atoms with Crippen molar-refractivity contribution in [2.45, 2.75) is 18.6 Å². The highest BCUT2D eigenvalue weighted by Gasteiger charge is 2.37. The molecule has 1 atom stereocenters. The molecular weight excluding hydrogens is 295 g/mol. The molecule has 0 bridgehead atoms. The van der Waals surface area contributed by atoms with Crippen molar-refractivity contribution < 1.29 is 18.3 Å². The van der Waals surface area contributed by atoms with Crippen LogP contribution >= 0.6 is 0 Å². The minimum Gasteiger partial charge on any atom is -0.393 e.